The zero-order chi connectivity index (χ0) is 11.5. The first-order chi connectivity index (χ1) is 7.66. The van der Waals surface area contributed by atoms with Crippen molar-refractivity contribution in [3.63, 3.8) is 0 Å². The third-order valence-corrected chi connectivity index (χ3v) is 4.42. The Balaban J connectivity index is 1.91. The first-order valence-electron chi connectivity index (χ1n) is 5.14. The van der Waals surface area contributed by atoms with E-state index in [1.165, 1.54) is 11.3 Å². The van der Waals surface area contributed by atoms with Gasteiger partial charge >= 0.3 is 0 Å². The number of halogens is 1. The summed E-state index contributed by atoms with van der Waals surface area (Å²) >= 11 is 4.81. The zero-order valence-electron chi connectivity index (χ0n) is 9.07. The van der Waals surface area contributed by atoms with E-state index in [9.17, 15) is 4.79 Å². The van der Waals surface area contributed by atoms with E-state index in [1.54, 1.807) is 0 Å². The van der Waals surface area contributed by atoms with Gasteiger partial charge in [-0.25, -0.2) is 5.01 Å². The van der Waals surface area contributed by atoms with E-state index < -0.39 is 0 Å². The first kappa shape index (κ1) is 12.0. The van der Waals surface area contributed by atoms with Gasteiger partial charge in [0.2, 0.25) is 0 Å². The summed E-state index contributed by atoms with van der Waals surface area (Å²) in [6.45, 7) is 3.74. The Morgan fingerprint density at radius 1 is 1.44 bits per heavy atom. The lowest BCUT2D eigenvalue weighted by Crippen LogP contribution is -2.52. The number of carbonyl (C=O) groups excluding carboxylic acids is 1. The van der Waals surface area contributed by atoms with E-state index >= 15 is 0 Å². The summed E-state index contributed by atoms with van der Waals surface area (Å²) in [7, 11) is 2.09. The van der Waals surface area contributed by atoms with Crippen LogP contribution in [-0.2, 0) is 0 Å². The molecule has 1 aliphatic rings. The molecule has 1 N–H and O–H groups in total. The van der Waals surface area contributed by atoms with Crippen LogP contribution >= 0.6 is 27.3 Å². The molecule has 16 heavy (non-hydrogen) atoms. The van der Waals surface area contributed by atoms with Crippen LogP contribution in [0, 0.1) is 0 Å². The van der Waals surface area contributed by atoms with Crippen LogP contribution in [0.25, 0.3) is 0 Å². The molecule has 88 valence electrons. The van der Waals surface area contributed by atoms with Crippen molar-refractivity contribution in [1.29, 1.82) is 0 Å². The van der Waals surface area contributed by atoms with Crippen LogP contribution in [0.5, 0.6) is 0 Å². The summed E-state index contributed by atoms with van der Waals surface area (Å²) in [4.78, 5) is 14.9. The second-order valence-electron chi connectivity index (χ2n) is 3.83. The maximum atomic E-state index is 11.9. The fourth-order valence-corrected chi connectivity index (χ4v) is 3.01. The van der Waals surface area contributed by atoms with E-state index in [2.05, 4.69) is 33.3 Å². The molecule has 1 aromatic rings. The zero-order valence-corrected chi connectivity index (χ0v) is 11.5. The van der Waals surface area contributed by atoms with Crippen LogP contribution in [0.4, 0.5) is 0 Å². The summed E-state index contributed by atoms with van der Waals surface area (Å²) in [6.07, 6.45) is 0. The number of piperazine rings is 1. The molecule has 1 aromatic heterocycles. The van der Waals surface area contributed by atoms with Crippen LogP contribution < -0.4 is 5.43 Å². The fraction of sp³-hybridized carbons (Fsp3) is 0.500. The highest BCUT2D eigenvalue weighted by Crippen LogP contribution is 2.22. The number of thiophene rings is 1. The molecule has 1 saturated heterocycles. The summed E-state index contributed by atoms with van der Waals surface area (Å²) in [5.74, 6) is -0.0218. The van der Waals surface area contributed by atoms with E-state index in [-0.39, 0.29) is 5.91 Å². The smallest absolute Gasteiger partial charge is 0.276 e. The number of rotatable bonds is 2. The molecule has 1 amide bonds. The minimum Gasteiger partial charge on any atom is -0.304 e. The molecule has 0 aromatic carbocycles. The molecule has 2 heterocycles. The number of amides is 1. The average Bonchev–Trinajstić information content (AvgIpc) is 2.68. The van der Waals surface area contributed by atoms with Crippen LogP contribution in [0.2, 0.25) is 0 Å². The molecule has 1 aliphatic heterocycles. The van der Waals surface area contributed by atoms with Gasteiger partial charge in [-0.1, -0.05) is 0 Å². The number of nitrogens with zero attached hydrogens (tertiary/aromatic N) is 2. The maximum Gasteiger partial charge on any atom is 0.276 e. The molecule has 4 nitrogen and oxygen atoms in total. The maximum absolute atomic E-state index is 11.9. The Kier molecular flexibility index (Phi) is 3.96. The second kappa shape index (κ2) is 5.27. The molecule has 6 heteroatoms. The summed E-state index contributed by atoms with van der Waals surface area (Å²) < 4.78 is 0.865. The van der Waals surface area contributed by atoms with Gasteiger partial charge in [0.25, 0.3) is 5.91 Å². The van der Waals surface area contributed by atoms with Gasteiger partial charge in [0.05, 0.1) is 0 Å². The highest BCUT2D eigenvalue weighted by molar-refractivity contribution is 9.10. The Morgan fingerprint density at radius 2 is 2.12 bits per heavy atom. The number of nitrogens with one attached hydrogen (secondary N) is 1. The van der Waals surface area contributed by atoms with Gasteiger partial charge in [0.1, 0.15) is 4.88 Å². The van der Waals surface area contributed by atoms with E-state index in [0.29, 0.717) is 0 Å². The standard InChI is InChI=1S/C10H14BrN3OS/c1-13-3-5-14(6-4-13)12-10(15)9-8(11)2-7-16-9/h2,7H,3-6H2,1H3,(H,12,15). The molecular formula is C10H14BrN3OS. The van der Waals surface area contributed by atoms with Crippen molar-refractivity contribution < 1.29 is 4.79 Å². The Bertz CT molecular complexity index is 374. The van der Waals surface area contributed by atoms with Gasteiger partial charge < -0.3 is 4.90 Å². The topological polar surface area (TPSA) is 35.6 Å². The number of hydrogen-bond donors (Lipinski definition) is 1. The SMILES string of the molecule is CN1CCN(NC(=O)c2sccc2Br)CC1. The number of hydrazine groups is 1. The normalized spacial score (nSPS) is 18.6. The van der Waals surface area contributed by atoms with E-state index in [0.717, 1.165) is 35.5 Å². The molecule has 0 unspecified atom stereocenters. The largest absolute Gasteiger partial charge is 0.304 e. The average molecular weight is 304 g/mol. The van der Waals surface area contributed by atoms with E-state index in [4.69, 9.17) is 0 Å². The quantitative estimate of drug-likeness (QED) is 0.897. The highest BCUT2D eigenvalue weighted by atomic mass is 79.9. The lowest BCUT2D eigenvalue weighted by molar-refractivity contribution is 0.0666. The Hall–Kier alpha value is -0.430. The van der Waals surface area contributed by atoms with Crippen LogP contribution in [0.3, 0.4) is 0 Å². The van der Waals surface area contributed by atoms with Gasteiger partial charge in [-0.2, -0.15) is 0 Å². The van der Waals surface area contributed by atoms with Crippen molar-refractivity contribution >= 4 is 33.2 Å². The van der Waals surface area contributed by atoms with Crippen molar-refractivity contribution in [2.45, 2.75) is 0 Å². The lowest BCUT2D eigenvalue weighted by atomic mass is 10.4. The third kappa shape index (κ3) is 2.82. The minimum atomic E-state index is -0.0218. The van der Waals surface area contributed by atoms with Crippen LogP contribution in [-0.4, -0.2) is 49.0 Å². The molecule has 0 saturated carbocycles. The van der Waals surface area contributed by atoms with Gasteiger partial charge in [-0.3, -0.25) is 10.2 Å². The summed E-state index contributed by atoms with van der Waals surface area (Å²) in [6, 6.07) is 1.89. The molecule has 2 rings (SSSR count). The van der Waals surface area contributed by atoms with Crippen molar-refractivity contribution in [2.75, 3.05) is 33.2 Å². The van der Waals surface area contributed by atoms with Crippen molar-refractivity contribution in [3.05, 3.63) is 20.8 Å². The fourth-order valence-electron chi connectivity index (χ4n) is 1.57. The van der Waals surface area contributed by atoms with Crippen molar-refractivity contribution in [3.8, 4) is 0 Å². The summed E-state index contributed by atoms with van der Waals surface area (Å²) in [5.41, 5.74) is 2.93. The predicted octanol–water partition coefficient (Wildman–Crippen LogP) is 1.40. The Morgan fingerprint density at radius 3 is 2.69 bits per heavy atom. The molecule has 0 radical (unpaired) electrons. The minimum absolute atomic E-state index is 0.0218. The molecule has 0 bridgehead atoms. The van der Waals surface area contributed by atoms with Gasteiger partial charge in [0.15, 0.2) is 0 Å². The van der Waals surface area contributed by atoms with Gasteiger partial charge in [-0.15, -0.1) is 11.3 Å². The molecular weight excluding hydrogens is 290 g/mol. The Labute approximate surface area is 107 Å². The number of carbonyl (C=O) groups is 1. The lowest BCUT2D eigenvalue weighted by Gasteiger charge is -2.32. The van der Waals surface area contributed by atoms with Gasteiger partial charge in [-0.05, 0) is 34.4 Å². The summed E-state index contributed by atoms with van der Waals surface area (Å²) in [5, 5.41) is 3.89. The third-order valence-electron chi connectivity index (χ3n) is 2.59. The molecule has 0 aliphatic carbocycles. The monoisotopic (exact) mass is 303 g/mol. The first-order valence-corrected chi connectivity index (χ1v) is 6.81. The van der Waals surface area contributed by atoms with Crippen molar-refractivity contribution in [1.82, 2.24) is 15.3 Å². The van der Waals surface area contributed by atoms with Gasteiger partial charge in [0, 0.05) is 30.7 Å². The van der Waals surface area contributed by atoms with Crippen molar-refractivity contribution in [2.24, 2.45) is 0 Å². The predicted molar refractivity (Wildman–Crippen MR) is 68.6 cm³/mol. The highest BCUT2D eigenvalue weighted by Gasteiger charge is 2.18. The number of likely N-dealkylation sites (N-methyl/N-ethyl adjacent to an activating group) is 1. The van der Waals surface area contributed by atoms with Crippen LogP contribution in [0.1, 0.15) is 9.67 Å². The van der Waals surface area contributed by atoms with E-state index in [1.807, 2.05) is 16.5 Å². The number of hydrogen-bond acceptors (Lipinski definition) is 4. The molecule has 0 atom stereocenters. The molecule has 1 fully saturated rings. The second-order valence-corrected chi connectivity index (χ2v) is 5.60. The van der Waals surface area contributed by atoms with Crippen LogP contribution in [0.15, 0.2) is 15.9 Å². The molecule has 0 spiro atoms.